The van der Waals surface area contributed by atoms with Crippen molar-refractivity contribution in [2.24, 2.45) is 0 Å². The van der Waals surface area contributed by atoms with E-state index < -0.39 is 5.97 Å². The molecule has 0 aliphatic heterocycles. The van der Waals surface area contributed by atoms with E-state index in [2.05, 4.69) is 4.98 Å². The van der Waals surface area contributed by atoms with Gasteiger partial charge in [0.15, 0.2) is 5.58 Å². The molecule has 3 aromatic rings. The number of carbonyl (C=O) groups is 1. The monoisotopic (exact) mass is 286 g/mol. The average Bonchev–Trinajstić information content (AvgIpc) is 2.83. The third kappa shape index (κ3) is 2.21. The van der Waals surface area contributed by atoms with Gasteiger partial charge in [-0.3, -0.25) is 0 Å². The van der Waals surface area contributed by atoms with Crippen molar-refractivity contribution in [3.63, 3.8) is 0 Å². The molecule has 0 amide bonds. The molecule has 0 spiro atoms. The molecule has 5 nitrogen and oxygen atoms in total. The molecule has 3 rings (SSSR count). The van der Waals surface area contributed by atoms with E-state index in [0.717, 1.165) is 5.52 Å². The maximum Gasteiger partial charge on any atom is 0.337 e. The zero-order valence-corrected chi connectivity index (χ0v) is 11.1. The lowest BCUT2D eigenvalue weighted by Crippen LogP contribution is -2.03. The maximum atomic E-state index is 11.0. The predicted octanol–water partition coefficient (Wildman–Crippen LogP) is 3.26. The zero-order chi connectivity index (χ0) is 14.1. The Morgan fingerprint density at radius 1 is 1.20 bits per heavy atom. The number of nitrogens with zero attached hydrogens (tertiary/aromatic N) is 1. The van der Waals surface area contributed by atoms with Crippen LogP contribution in [0.2, 0.25) is 0 Å². The lowest BCUT2D eigenvalue weighted by molar-refractivity contribution is 0.0698. The van der Waals surface area contributed by atoms with Gasteiger partial charge >= 0.3 is 5.97 Å². The highest BCUT2D eigenvalue weighted by atomic mass is 32.2. The fraction of sp³-hybridized carbons (Fsp3) is 0. The highest BCUT2D eigenvalue weighted by molar-refractivity contribution is 7.99. The van der Waals surface area contributed by atoms with Gasteiger partial charge in [-0.15, -0.1) is 0 Å². The second-order valence-corrected chi connectivity index (χ2v) is 5.07. The van der Waals surface area contributed by atoms with Crippen molar-refractivity contribution in [1.82, 2.24) is 4.98 Å². The molecule has 6 heteroatoms. The number of fused-ring (bicyclic) bond motifs is 1. The van der Waals surface area contributed by atoms with Crippen molar-refractivity contribution in [1.29, 1.82) is 0 Å². The Kier molecular flexibility index (Phi) is 3.08. The quantitative estimate of drug-likeness (QED) is 0.718. The first-order chi connectivity index (χ1) is 9.65. The molecule has 0 saturated heterocycles. The van der Waals surface area contributed by atoms with Crippen molar-refractivity contribution in [3.05, 3.63) is 48.0 Å². The van der Waals surface area contributed by atoms with E-state index in [1.54, 1.807) is 12.1 Å². The summed E-state index contributed by atoms with van der Waals surface area (Å²) >= 11 is 1.21. The Morgan fingerprint density at radius 2 is 2.00 bits per heavy atom. The van der Waals surface area contributed by atoms with Gasteiger partial charge in [0.2, 0.25) is 0 Å². The highest BCUT2D eigenvalue weighted by Gasteiger charge is 2.14. The van der Waals surface area contributed by atoms with Gasteiger partial charge in [0, 0.05) is 4.90 Å². The van der Waals surface area contributed by atoms with Crippen molar-refractivity contribution in [3.8, 4) is 0 Å². The Labute approximate surface area is 118 Å². The van der Waals surface area contributed by atoms with E-state index in [-0.39, 0.29) is 11.3 Å². The summed E-state index contributed by atoms with van der Waals surface area (Å²) in [4.78, 5) is 16.0. The normalized spacial score (nSPS) is 10.8. The first-order valence-corrected chi connectivity index (χ1v) is 6.62. The molecule has 2 aromatic carbocycles. The van der Waals surface area contributed by atoms with Crippen LogP contribution in [0.3, 0.4) is 0 Å². The van der Waals surface area contributed by atoms with Crippen LogP contribution in [0, 0.1) is 0 Å². The summed E-state index contributed by atoms with van der Waals surface area (Å²) in [7, 11) is 0. The summed E-state index contributed by atoms with van der Waals surface area (Å²) < 4.78 is 5.58. The van der Waals surface area contributed by atoms with E-state index >= 15 is 0 Å². The number of oxazole rings is 1. The Morgan fingerprint density at radius 3 is 2.75 bits per heavy atom. The van der Waals surface area contributed by atoms with Gasteiger partial charge in [0.1, 0.15) is 5.52 Å². The van der Waals surface area contributed by atoms with Crippen LogP contribution in [0.1, 0.15) is 10.4 Å². The average molecular weight is 286 g/mol. The molecule has 0 bridgehead atoms. The molecule has 0 unspecified atom stereocenters. The van der Waals surface area contributed by atoms with Gasteiger partial charge < -0.3 is 15.3 Å². The minimum absolute atomic E-state index is 0.0751. The number of hydrogen-bond donors (Lipinski definition) is 2. The number of rotatable bonds is 3. The molecule has 1 aromatic heterocycles. The van der Waals surface area contributed by atoms with E-state index in [1.807, 2.05) is 24.3 Å². The van der Waals surface area contributed by atoms with Crippen molar-refractivity contribution >= 4 is 34.5 Å². The fourth-order valence-corrected chi connectivity index (χ4v) is 2.64. The lowest BCUT2D eigenvalue weighted by Gasteiger charge is -2.05. The number of nitrogen functional groups attached to an aromatic ring is 1. The number of carboxylic acids is 1. The number of carboxylic acid groups (broad SMARTS) is 1. The van der Waals surface area contributed by atoms with Gasteiger partial charge in [0.25, 0.3) is 5.22 Å². The first-order valence-electron chi connectivity index (χ1n) is 5.80. The molecule has 20 heavy (non-hydrogen) atoms. The smallest absolute Gasteiger partial charge is 0.337 e. The third-order valence-corrected chi connectivity index (χ3v) is 3.69. The second-order valence-electron chi connectivity index (χ2n) is 4.07. The van der Waals surface area contributed by atoms with Gasteiger partial charge in [-0.2, -0.15) is 0 Å². The SMILES string of the molecule is Nc1c(Sc2nc3ccccc3o2)cccc1C(=O)O. The summed E-state index contributed by atoms with van der Waals surface area (Å²) in [6.07, 6.45) is 0. The summed E-state index contributed by atoms with van der Waals surface area (Å²) in [5, 5.41) is 9.47. The number of nitrogens with two attached hydrogens (primary N) is 1. The number of benzene rings is 2. The van der Waals surface area contributed by atoms with Crippen LogP contribution in [-0.4, -0.2) is 16.1 Å². The minimum Gasteiger partial charge on any atom is -0.478 e. The zero-order valence-electron chi connectivity index (χ0n) is 10.2. The Balaban J connectivity index is 1.98. The van der Waals surface area contributed by atoms with Gasteiger partial charge in [-0.1, -0.05) is 18.2 Å². The van der Waals surface area contributed by atoms with E-state index in [0.29, 0.717) is 15.7 Å². The number of aromatic nitrogens is 1. The minimum atomic E-state index is -1.05. The lowest BCUT2D eigenvalue weighted by atomic mass is 10.2. The molecule has 0 fully saturated rings. The molecule has 1 heterocycles. The topological polar surface area (TPSA) is 89.4 Å². The predicted molar refractivity (Wildman–Crippen MR) is 75.9 cm³/mol. The Hall–Kier alpha value is -2.47. The Bertz CT molecular complexity index is 765. The van der Waals surface area contributed by atoms with Crippen molar-refractivity contribution < 1.29 is 14.3 Å². The molecule has 0 aliphatic rings. The van der Waals surface area contributed by atoms with E-state index in [1.165, 1.54) is 17.8 Å². The van der Waals surface area contributed by atoms with E-state index in [9.17, 15) is 4.79 Å². The molecule has 0 atom stereocenters. The first kappa shape index (κ1) is 12.6. The number of para-hydroxylation sites is 3. The fourth-order valence-electron chi connectivity index (χ4n) is 1.81. The maximum absolute atomic E-state index is 11.0. The van der Waals surface area contributed by atoms with E-state index in [4.69, 9.17) is 15.3 Å². The van der Waals surface area contributed by atoms with Crippen LogP contribution in [0.5, 0.6) is 0 Å². The molecular weight excluding hydrogens is 276 g/mol. The second kappa shape index (κ2) is 4.90. The molecular formula is C14H10N2O3S. The number of hydrogen-bond acceptors (Lipinski definition) is 5. The molecule has 0 saturated carbocycles. The highest BCUT2D eigenvalue weighted by Crippen LogP contribution is 2.34. The van der Waals surface area contributed by atoms with Crippen molar-refractivity contribution in [2.75, 3.05) is 5.73 Å². The largest absolute Gasteiger partial charge is 0.478 e. The van der Waals surface area contributed by atoms with Crippen LogP contribution in [-0.2, 0) is 0 Å². The number of aromatic carboxylic acids is 1. The molecule has 0 radical (unpaired) electrons. The molecule has 0 aliphatic carbocycles. The van der Waals surface area contributed by atoms with Crippen LogP contribution in [0.4, 0.5) is 5.69 Å². The summed E-state index contributed by atoms with van der Waals surface area (Å²) in [6.45, 7) is 0. The summed E-state index contributed by atoms with van der Waals surface area (Å²) in [5.74, 6) is -1.05. The van der Waals surface area contributed by atoms with Gasteiger partial charge in [-0.25, -0.2) is 9.78 Å². The van der Waals surface area contributed by atoms with Crippen LogP contribution in [0.15, 0.2) is 57.0 Å². The molecule has 100 valence electrons. The van der Waals surface area contributed by atoms with Crippen LogP contribution in [0.25, 0.3) is 11.1 Å². The third-order valence-electron chi connectivity index (χ3n) is 2.77. The van der Waals surface area contributed by atoms with Crippen molar-refractivity contribution in [2.45, 2.75) is 10.1 Å². The summed E-state index contributed by atoms with van der Waals surface area (Å²) in [6, 6.07) is 12.3. The van der Waals surface area contributed by atoms with Gasteiger partial charge in [0.05, 0.1) is 11.3 Å². The van der Waals surface area contributed by atoms with Crippen LogP contribution >= 0.6 is 11.8 Å². The number of anilines is 1. The molecule has 3 N–H and O–H groups in total. The van der Waals surface area contributed by atoms with Crippen LogP contribution < -0.4 is 5.73 Å². The van der Waals surface area contributed by atoms with Gasteiger partial charge in [-0.05, 0) is 36.0 Å². The standard InChI is InChI=1S/C14H10N2O3S/c15-12-8(13(17)18)4-3-7-11(12)20-14-16-9-5-1-2-6-10(9)19-14/h1-7H,15H2,(H,17,18). The summed E-state index contributed by atoms with van der Waals surface area (Å²) in [5.41, 5.74) is 7.58.